The third-order valence-corrected chi connectivity index (χ3v) is 8.29. The van der Waals surface area contributed by atoms with E-state index in [1.807, 2.05) is 17.0 Å². The first-order chi connectivity index (χ1) is 15.7. The van der Waals surface area contributed by atoms with Gasteiger partial charge in [0, 0.05) is 65.5 Å². The summed E-state index contributed by atoms with van der Waals surface area (Å²) in [6.07, 6.45) is -3.17. The molecule has 3 aliphatic rings. The lowest BCUT2D eigenvalue weighted by Gasteiger charge is -2.36. The van der Waals surface area contributed by atoms with Crippen LogP contribution in [0.5, 0.6) is 0 Å². The largest absolute Gasteiger partial charge is 0.390 e. The maximum Gasteiger partial charge on any atom is 0.390 e. The van der Waals surface area contributed by atoms with Gasteiger partial charge in [-0.2, -0.15) is 17.5 Å². The van der Waals surface area contributed by atoms with Crippen LogP contribution in [-0.4, -0.2) is 111 Å². The molecule has 1 aromatic rings. The number of aromatic nitrogens is 2. The van der Waals surface area contributed by atoms with Crippen LogP contribution >= 0.6 is 0 Å². The molecule has 0 bridgehead atoms. The SMILES string of the molecule is O=S(=O)(CCC(F)(F)F)N1CCN(c2ccc(N3CCN(CC4CCCO4)CC3)nn2)CC1. The molecule has 4 heterocycles. The van der Waals surface area contributed by atoms with E-state index in [1.54, 1.807) is 0 Å². The first-order valence-electron chi connectivity index (χ1n) is 11.4. The van der Waals surface area contributed by atoms with E-state index in [0.29, 0.717) is 25.0 Å². The highest BCUT2D eigenvalue weighted by molar-refractivity contribution is 7.89. The number of sulfonamides is 1. The molecule has 13 heteroatoms. The molecule has 9 nitrogen and oxygen atoms in total. The summed E-state index contributed by atoms with van der Waals surface area (Å²) < 4.78 is 68.4. The summed E-state index contributed by atoms with van der Waals surface area (Å²) in [6, 6.07) is 3.79. The zero-order valence-electron chi connectivity index (χ0n) is 18.6. The van der Waals surface area contributed by atoms with E-state index in [9.17, 15) is 21.6 Å². The van der Waals surface area contributed by atoms with Crippen molar-refractivity contribution in [2.75, 3.05) is 81.1 Å². The molecule has 0 saturated carbocycles. The molecule has 33 heavy (non-hydrogen) atoms. The average molecular weight is 493 g/mol. The Morgan fingerprint density at radius 2 is 1.52 bits per heavy atom. The Morgan fingerprint density at radius 3 is 2.00 bits per heavy atom. The molecule has 0 N–H and O–H groups in total. The zero-order valence-corrected chi connectivity index (χ0v) is 19.4. The molecule has 1 unspecified atom stereocenters. The molecule has 3 fully saturated rings. The van der Waals surface area contributed by atoms with Gasteiger partial charge in [-0.1, -0.05) is 0 Å². The third kappa shape index (κ3) is 6.67. The Balaban J connectivity index is 1.24. The number of halogens is 3. The van der Waals surface area contributed by atoms with E-state index in [0.717, 1.165) is 62.3 Å². The average Bonchev–Trinajstić information content (AvgIpc) is 3.31. The van der Waals surface area contributed by atoms with Crippen molar-refractivity contribution in [3.63, 3.8) is 0 Å². The highest BCUT2D eigenvalue weighted by Crippen LogP contribution is 2.23. The van der Waals surface area contributed by atoms with Crippen LogP contribution in [0.3, 0.4) is 0 Å². The van der Waals surface area contributed by atoms with E-state index in [-0.39, 0.29) is 13.1 Å². The Bertz CT molecular complexity index is 864. The van der Waals surface area contributed by atoms with E-state index >= 15 is 0 Å². The van der Waals surface area contributed by atoms with Crippen LogP contribution in [0.1, 0.15) is 19.3 Å². The van der Waals surface area contributed by atoms with E-state index in [2.05, 4.69) is 20.0 Å². The lowest BCUT2D eigenvalue weighted by atomic mass is 10.2. The predicted octanol–water partition coefficient (Wildman–Crippen LogP) is 1.18. The van der Waals surface area contributed by atoms with Gasteiger partial charge in [0.25, 0.3) is 0 Å². The fourth-order valence-electron chi connectivity index (χ4n) is 4.46. The van der Waals surface area contributed by atoms with Gasteiger partial charge in [-0.25, -0.2) is 8.42 Å². The molecule has 4 rings (SSSR count). The topological polar surface area (TPSA) is 82.1 Å². The minimum absolute atomic E-state index is 0.135. The van der Waals surface area contributed by atoms with Crippen molar-refractivity contribution >= 4 is 21.7 Å². The molecule has 0 aliphatic carbocycles. The van der Waals surface area contributed by atoms with Crippen LogP contribution in [0.25, 0.3) is 0 Å². The number of hydrogen-bond acceptors (Lipinski definition) is 8. The van der Waals surface area contributed by atoms with Crippen molar-refractivity contribution in [1.29, 1.82) is 0 Å². The van der Waals surface area contributed by atoms with Gasteiger partial charge in [-0.05, 0) is 25.0 Å². The fourth-order valence-corrected chi connectivity index (χ4v) is 5.93. The van der Waals surface area contributed by atoms with Crippen molar-refractivity contribution in [3.8, 4) is 0 Å². The molecule has 1 atom stereocenters. The Labute approximate surface area is 192 Å². The monoisotopic (exact) mass is 492 g/mol. The molecule has 3 saturated heterocycles. The van der Waals surface area contributed by atoms with Gasteiger partial charge in [0.1, 0.15) is 0 Å². The van der Waals surface area contributed by atoms with Gasteiger partial charge in [-0.3, -0.25) is 4.90 Å². The van der Waals surface area contributed by atoms with Crippen LogP contribution < -0.4 is 9.80 Å². The maximum atomic E-state index is 12.4. The number of hydrogen-bond donors (Lipinski definition) is 0. The van der Waals surface area contributed by atoms with Gasteiger partial charge in [0.2, 0.25) is 10.0 Å². The molecule has 0 aromatic carbocycles. The standard InChI is InChI=1S/C20H31F3N6O3S/c21-20(22,23)5-15-33(30,31)29-12-10-28(11-13-29)19-4-3-18(24-25-19)27-8-6-26(7-9-27)16-17-2-1-14-32-17/h3-4,17H,1-2,5-16H2. The Kier molecular flexibility index (Phi) is 7.61. The zero-order chi connectivity index (χ0) is 23.5. The van der Waals surface area contributed by atoms with Gasteiger partial charge in [-0.15, -0.1) is 10.2 Å². The lowest BCUT2D eigenvalue weighted by Crippen LogP contribution is -2.50. The molecule has 0 amide bonds. The van der Waals surface area contributed by atoms with E-state index < -0.39 is 28.4 Å². The fraction of sp³-hybridized carbons (Fsp3) is 0.800. The van der Waals surface area contributed by atoms with Crippen LogP contribution in [0.2, 0.25) is 0 Å². The highest BCUT2D eigenvalue weighted by Gasteiger charge is 2.34. The highest BCUT2D eigenvalue weighted by atomic mass is 32.2. The number of piperazine rings is 2. The second kappa shape index (κ2) is 10.3. The summed E-state index contributed by atoms with van der Waals surface area (Å²) in [5.74, 6) is 0.540. The van der Waals surface area contributed by atoms with Crippen LogP contribution in [-0.2, 0) is 14.8 Å². The van der Waals surface area contributed by atoms with Gasteiger partial charge < -0.3 is 14.5 Å². The first kappa shape index (κ1) is 24.4. The number of rotatable bonds is 7. The minimum atomic E-state index is -4.48. The number of nitrogens with zero attached hydrogens (tertiary/aromatic N) is 6. The van der Waals surface area contributed by atoms with E-state index in [4.69, 9.17) is 4.74 Å². The molecular formula is C20H31F3N6O3S. The van der Waals surface area contributed by atoms with Gasteiger partial charge in [0.15, 0.2) is 11.6 Å². The lowest BCUT2D eigenvalue weighted by molar-refractivity contribution is -0.130. The normalized spacial score (nSPS) is 23.9. The summed E-state index contributed by atoms with van der Waals surface area (Å²) in [6.45, 7) is 6.49. The van der Waals surface area contributed by atoms with Crippen LogP contribution in [0.4, 0.5) is 24.8 Å². The number of ether oxygens (including phenoxy) is 1. The van der Waals surface area contributed by atoms with Crippen molar-refractivity contribution in [2.45, 2.75) is 31.5 Å². The van der Waals surface area contributed by atoms with Crippen LogP contribution in [0, 0.1) is 0 Å². The summed E-state index contributed by atoms with van der Waals surface area (Å²) in [7, 11) is -3.92. The third-order valence-electron chi connectivity index (χ3n) is 6.42. The van der Waals surface area contributed by atoms with Crippen LogP contribution in [0.15, 0.2) is 12.1 Å². The van der Waals surface area contributed by atoms with E-state index in [1.165, 1.54) is 0 Å². The molecule has 186 valence electrons. The predicted molar refractivity (Wildman–Crippen MR) is 118 cm³/mol. The van der Waals surface area contributed by atoms with Gasteiger partial charge >= 0.3 is 6.18 Å². The smallest absolute Gasteiger partial charge is 0.377 e. The molecule has 1 aromatic heterocycles. The number of alkyl halides is 3. The summed E-state index contributed by atoms with van der Waals surface area (Å²) in [5.41, 5.74) is 0. The first-order valence-corrected chi connectivity index (χ1v) is 13.0. The van der Waals surface area contributed by atoms with Crippen molar-refractivity contribution in [1.82, 2.24) is 19.4 Å². The summed E-state index contributed by atoms with van der Waals surface area (Å²) in [4.78, 5) is 6.54. The van der Waals surface area contributed by atoms with Crippen molar-refractivity contribution in [2.24, 2.45) is 0 Å². The Morgan fingerprint density at radius 1 is 0.939 bits per heavy atom. The molecule has 0 radical (unpaired) electrons. The summed E-state index contributed by atoms with van der Waals surface area (Å²) >= 11 is 0. The second-order valence-electron chi connectivity index (χ2n) is 8.74. The molecule has 3 aliphatic heterocycles. The summed E-state index contributed by atoms with van der Waals surface area (Å²) in [5, 5.41) is 8.68. The Hall–Kier alpha value is -1.70. The van der Waals surface area contributed by atoms with Crippen molar-refractivity contribution < 1.29 is 26.3 Å². The van der Waals surface area contributed by atoms with Crippen molar-refractivity contribution in [3.05, 3.63) is 12.1 Å². The maximum absolute atomic E-state index is 12.4. The molecule has 0 spiro atoms. The minimum Gasteiger partial charge on any atom is -0.377 e. The number of anilines is 2. The molecular weight excluding hydrogens is 461 g/mol. The quantitative estimate of drug-likeness (QED) is 0.562. The second-order valence-corrected chi connectivity index (χ2v) is 10.8. The van der Waals surface area contributed by atoms with Gasteiger partial charge in [0.05, 0.1) is 18.3 Å².